The van der Waals surface area contributed by atoms with Gasteiger partial charge in [-0.1, -0.05) is 17.7 Å². The van der Waals surface area contributed by atoms with Gasteiger partial charge in [0, 0.05) is 26.1 Å². The maximum Gasteiger partial charge on any atom is 0.226 e. The Balaban J connectivity index is 1.63. The van der Waals surface area contributed by atoms with Crippen molar-refractivity contribution in [3.8, 4) is 5.75 Å². The van der Waals surface area contributed by atoms with Gasteiger partial charge in [0.15, 0.2) is 0 Å². The lowest BCUT2D eigenvalue weighted by Gasteiger charge is -2.27. The molecule has 0 saturated heterocycles. The zero-order chi connectivity index (χ0) is 18.0. The Morgan fingerprint density at radius 2 is 2.20 bits per heavy atom. The number of methoxy groups -OCH3 is 1. The average Bonchev–Trinajstić information content (AvgIpc) is 2.81. The zero-order valence-electron chi connectivity index (χ0n) is 14.8. The normalized spacial score (nSPS) is 16.9. The van der Waals surface area contributed by atoms with Crippen molar-refractivity contribution in [2.75, 3.05) is 14.2 Å². The smallest absolute Gasteiger partial charge is 0.226 e. The van der Waals surface area contributed by atoms with E-state index >= 15 is 0 Å². The van der Waals surface area contributed by atoms with Gasteiger partial charge in [-0.2, -0.15) is 0 Å². The van der Waals surface area contributed by atoms with Gasteiger partial charge in [0.05, 0.1) is 18.6 Å². The molecule has 25 heavy (non-hydrogen) atoms. The van der Waals surface area contributed by atoms with E-state index in [1.807, 2.05) is 24.9 Å². The second-order valence-corrected chi connectivity index (χ2v) is 6.85. The highest BCUT2D eigenvalue weighted by Gasteiger charge is 2.24. The number of aryl methyl sites for hydroxylation is 2. The van der Waals surface area contributed by atoms with Crippen LogP contribution in [0.25, 0.3) is 0 Å². The number of likely N-dealkylation sites (N-methyl/N-ethyl adjacent to an activating group) is 1. The summed E-state index contributed by atoms with van der Waals surface area (Å²) in [7, 11) is 3.46. The average molecular weight is 363 g/mol. The Labute approximate surface area is 152 Å². The second kappa shape index (κ2) is 7.44. The van der Waals surface area contributed by atoms with E-state index in [0.29, 0.717) is 17.2 Å². The molecule has 1 aliphatic heterocycles. The molecule has 3 rings (SSSR count). The standard InChI is InChI=1S/C18H23ClN4O2/c1-12-20-21-17-7-5-14(8-9-23(12)17)22(2)18(24)11-13-4-6-16(25-3)15(19)10-13/h4,6,10,14H,5,7-9,11H2,1-3H3. The maximum atomic E-state index is 12.7. The van der Waals surface area contributed by atoms with Crippen LogP contribution in [0.2, 0.25) is 5.02 Å². The van der Waals surface area contributed by atoms with Gasteiger partial charge in [-0.15, -0.1) is 10.2 Å². The van der Waals surface area contributed by atoms with Gasteiger partial charge in [-0.3, -0.25) is 4.79 Å². The Kier molecular flexibility index (Phi) is 5.27. The molecule has 0 spiro atoms. The fourth-order valence-electron chi connectivity index (χ4n) is 3.33. The van der Waals surface area contributed by atoms with E-state index in [1.165, 1.54) is 0 Å². The van der Waals surface area contributed by atoms with Crippen molar-refractivity contribution >= 4 is 17.5 Å². The Bertz CT molecular complexity index is 774. The van der Waals surface area contributed by atoms with Crippen molar-refractivity contribution in [2.45, 2.75) is 45.2 Å². The number of nitrogens with zero attached hydrogens (tertiary/aromatic N) is 4. The predicted molar refractivity (Wildman–Crippen MR) is 96.0 cm³/mol. The molecule has 0 saturated carbocycles. The molecule has 1 amide bonds. The highest BCUT2D eigenvalue weighted by atomic mass is 35.5. The molecule has 0 bridgehead atoms. The third kappa shape index (κ3) is 3.79. The van der Waals surface area contributed by atoms with E-state index in [4.69, 9.17) is 16.3 Å². The van der Waals surface area contributed by atoms with Crippen molar-refractivity contribution in [1.29, 1.82) is 0 Å². The minimum absolute atomic E-state index is 0.0978. The summed E-state index contributed by atoms with van der Waals surface area (Å²) in [5.74, 6) is 2.68. The van der Waals surface area contributed by atoms with Crippen molar-refractivity contribution in [2.24, 2.45) is 0 Å². The van der Waals surface area contributed by atoms with Crippen LogP contribution in [-0.4, -0.2) is 45.8 Å². The quantitative estimate of drug-likeness (QED) is 0.839. The number of fused-ring (bicyclic) bond motifs is 1. The van der Waals surface area contributed by atoms with Crippen molar-refractivity contribution in [1.82, 2.24) is 19.7 Å². The molecule has 134 valence electrons. The van der Waals surface area contributed by atoms with Gasteiger partial charge in [0.2, 0.25) is 5.91 Å². The lowest BCUT2D eigenvalue weighted by molar-refractivity contribution is -0.131. The summed E-state index contributed by atoms with van der Waals surface area (Å²) >= 11 is 6.15. The highest BCUT2D eigenvalue weighted by Crippen LogP contribution is 2.26. The molecule has 2 heterocycles. The monoisotopic (exact) mass is 362 g/mol. The van der Waals surface area contributed by atoms with Gasteiger partial charge in [0.1, 0.15) is 17.4 Å². The molecule has 0 aliphatic carbocycles. The third-order valence-corrected chi connectivity index (χ3v) is 5.21. The van der Waals surface area contributed by atoms with Crippen molar-refractivity contribution < 1.29 is 9.53 Å². The van der Waals surface area contributed by atoms with Gasteiger partial charge in [-0.25, -0.2) is 0 Å². The Morgan fingerprint density at radius 3 is 2.92 bits per heavy atom. The molecule has 1 unspecified atom stereocenters. The van der Waals surface area contributed by atoms with E-state index in [0.717, 1.165) is 43.0 Å². The Hall–Kier alpha value is -2.08. The maximum absolute atomic E-state index is 12.7. The van der Waals surface area contributed by atoms with Gasteiger partial charge in [-0.05, 0) is 37.5 Å². The van der Waals surface area contributed by atoms with Gasteiger partial charge < -0.3 is 14.2 Å². The summed E-state index contributed by atoms with van der Waals surface area (Å²) < 4.78 is 7.31. The number of carbonyl (C=O) groups is 1. The molecule has 7 heteroatoms. The fraction of sp³-hybridized carbons (Fsp3) is 0.500. The van der Waals surface area contributed by atoms with E-state index in [2.05, 4.69) is 14.8 Å². The lowest BCUT2D eigenvalue weighted by atomic mass is 10.1. The number of rotatable bonds is 4. The van der Waals surface area contributed by atoms with Crippen LogP contribution in [0.5, 0.6) is 5.75 Å². The van der Waals surface area contributed by atoms with E-state index in [1.54, 1.807) is 19.2 Å². The third-order valence-electron chi connectivity index (χ3n) is 4.91. The molecule has 0 N–H and O–H groups in total. The topological polar surface area (TPSA) is 60.2 Å². The molecule has 6 nitrogen and oxygen atoms in total. The van der Waals surface area contributed by atoms with Crippen molar-refractivity contribution in [3.63, 3.8) is 0 Å². The zero-order valence-corrected chi connectivity index (χ0v) is 15.6. The molecule has 1 aromatic carbocycles. The number of hydrogen-bond donors (Lipinski definition) is 0. The molecule has 1 atom stereocenters. The summed E-state index contributed by atoms with van der Waals surface area (Å²) in [4.78, 5) is 14.6. The lowest BCUT2D eigenvalue weighted by Crippen LogP contribution is -2.38. The summed E-state index contributed by atoms with van der Waals surface area (Å²) in [5.41, 5.74) is 0.893. The van der Waals surface area contributed by atoms with E-state index in [9.17, 15) is 4.79 Å². The number of carbonyl (C=O) groups excluding carboxylic acids is 1. The molecule has 1 aromatic heterocycles. The van der Waals surface area contributed by atoms with E-state index in [-0.39, 0.29) is 11.9 Å². The largest absolute Gasteiger partial charge is 0.495 e. The van der Waals surface area contributed by atoms with Crippen LogP contribution in [0, 0.1) is 6.92 Å². The fourth-order valence-corrected chi connectivity index (χ4v) is 3.61. The first-order valence-corrected chi connectivity index (χ1v) is 8.84. The Morgan fingerprint density at radius 1 is 1.40 bits per heavy atom. The number of ether oxygens (including phenoxy) is 1. The summed E-state index contributed by atoms with van der Waals surface area (Å²) in [5, 5.41) is 8.89. The SMILES string of the molecule is COc1ccc(CC(=O)N(C)C2CCc3nnc(C)n3CC2)cc1Cl. The number of amides is 1. The van der Waals surface area contributed by atoms with Crippen LogP contribution in [0.1, 0.15) is 30.1 Å². The van der Waals surface area contributed by atoms with Gasteiger partial charge in [0.25, 0.3) is 0 Å². The highest BCUT2D eigenvalue weighted by molar-refractivity contribution is 6.32. The van der Waals surface area contributed by atoms with Crippen molar-refractivity contribution in [3.05, 3.63) is 40.4 Å². The minimum Gasteiger partial charge on any atom is -0.495 e. The van der Waals surface area contributed by atoms with Crippen LogP contribution in [0.3, 0.4) is 0 Å². The molecular weight excluding hydrogens is 340 g/mol. The summed E-state index contributed by atoms with van der Waals surface area (Å²) in [6.07, 6.45) is 3.00. The summed E-state index contributed by atoms with van der Waals surface area (Å²) in [6, 6.07) is 5.69. The van der Waals surface area contributed by atoms with Gasteiger partial charge >= 0.3 is 0 Å². The predicted octanol–water partition coefficient (Wildman–Crippen LogP) is 2.65. The first kappa shape index (κ1) is 17.7. The number of aromatic nitrogens is 3. The van der Waals surface area contributed by atoms with E-state index < -0.39 is 0 Å². The van der Waals surface area contributed by atoms with Crippen LogP contribution in [0.15, 0.2) is 18.2 Å². The first-order chi connectivity index (χ1) is 12.0. The summed E-state index contributed by atoms with van der Waals surface area (Å²) in [6.45, 7) is 2.82. The molecular formula is C18H23ClN4O2. The van der Waals surface area contributed by atoms with Crippen LogP contribution in [0.4, 0.5) is 0 Å². The molecule has 0 radical (unpaired) electrons. The minimum atomic E-state index is 0.0978. The van der Waals surface area contributed by atoms with Crippen LogP contribution >= 0.6 is 11.6 Å². The number of hydrogen-bond acceptors (Lipinski definition) is 4. The van der Waals surface area contributed by atoms with Crippen LogP contribution in [-0.2, 0) is 24.2 Å². The first-order valence-electron chi connectivity index (χ1n) is 8.46. The second-order valence-electron chi connectivity index (χ2n) is 6.45. The molecule has 2 aromatic rings. The number of halogens is 1. The van der Waals surface area contributed by atoms with Crippen LogP contribution < -0.4 is 4.74 Å². The number of benzene rings is 1. The molecule has 1 aliphatic rings. The molecule has 0 fully saturated rings.